The molecule has 4 aromatic rings. The smallest absolute Gasteiger partial charge is 0.193 e. The van der Waals surface area contributed by atoms with E-state index < -0.39 is 0 Å². The first kappa shape index (κ1) is 18.8. The van der Waals surface area contributed by atoms with Crippen LogP contribution in [0.15, 0.2) is 59.3 Å². The molecule has 0 atom stereocenters. The molecule has 1 saturated heterocycles. The summed E-state index contributed by atoms with van der Waals surface area (Å²) >= 11 is 0. The van der Waals surface area contributed by atoms with Gasteiger partial charge in [0, 0.05) is 42.6 Å². The molecule has 6 nitrogen and oxygen atoms in total. The van der Waals surface area contributed by atoms with Gasteiger partial charge in [-0.25, -0.2) is 9.97 Å². The molecule has 1 aromatic carbocycles. The van der Waals surface area contributed by atoms with E-state index in [4.69, 9.17) is 14.2 Å². The standard InChI is InChI=1S/C24H24N4O2/c1-16-22-23(30-28-16)20(14-21(27-22)18-6-3-2-4-7-18)19-8-5-11-25-24(19)26-15-17-9-12-29-13-10-17/h2-8,11,14,17H,9-10,12-13,15H2,1H3,(H,25,26). The van der Waals surface area contributed by atoms with E-state index >= 15 is 0 Å². The molecule has 1 aliphatic rings. The van der Waals surface area contributed by atoms with Crippen molar-refractivity contribution < 1.29 is 9.26 Å². The van der Waals surface area contributed by atoms with Gasteiger partial charge in [-0.15, -0.1) is 0 Å². The Morgan fingerprint density at radius 1 is 1.03 bits per heavy atom. The molecular formula is C24H24N4O2. The van der Waals surface area contributed by atoms with Gasteiger partial charge in [0.1, 0.15) is 17.0 Å². The highest BCUT2D eigenvalue weighted by Gasteiger charge is 2.19. The van der Waals surface area contributed by atoms with Gasteiger partial charge in [0.05, 0.1) is 5.69 Å². The summed E-state index contributed by atoms with van der Waals surface area (Å²) in [6, 6.07) is 16.3. The number of nitrogens with zero attached hydrogens (tertiary/aromatic N) is 3. The maximum atomic E-state index is 5.69. The van der Waals surface area contributed by atoms with E-state index in [2.05, 4.69) is 39.7 Å². The van der Waals surface area contributed by atoms with Crippen molar-refractivity contribution >= 4 is 16.9 Å². The second-order valence-corrected chi connectivity index (χ2v) is 7.70. The fourth-order valence-corrected chi connectivity index (χ4v) is 3.94. The molecule has 0 radical (unpaired) electrons. The van der Waals surface area contributed by atoms with Crippen LogP contribution in [0, 0.1) is 12.8 Å². The topological polar surface area (TPSA) is 73.1 Å². The third-order valence-corrected chi connectivity index (χ3v) is 5.66. The largest absolute Gasteiger partial charge is 0.381 e. The number of benzene rings is 1. The van der Waals surface area contributed by atoms with E-state index in [0.717, 1.165) is 72.0 Å². The Hall–Kier alpha value is -3.25. The number of hydrogen-bond acceptors (Lipinski definition) is 6. The Bertz CT molecular complexity index is 1150. The van der Waals surface area contributed by atoms with Gasteiger partial charge in [-0.2, -0.15) is 0 Å². The lowest BCUT2D eigenvalue weighted by atomic mass is 9.99. The zero-order valence-corrected chi connectivity index (χ0v) is 17.0. The minimum absolute atomic E-state index is 0.596. The molecule has 0 amide bonds. The van der Waals surface area contributed by atoms with Crippen molar-refractivity contribution in [2.45, 2.75) is 19.8 Å². The molecule has 5 rings (SSSR count). The molecule has 152 valence electrons. The van der Waals surface area contributed by atoms with E-state index in [1.807, 2.05) is 37.4 Å². The highest BCUT2D eigenvalue weighted by molar-refractivity contribution is 5.96. The van der Waals surface area contributed by atoms with Gasteiger partial charge < -0.3 is 14.6 Å². The Balaban J connectivity index is 1.57. The van der Waals surface area contributed by atoms with Gasteiger partial charge in [-0.3, -0.25) is 0 Å². The monoisotopic (exact) mass is 400 g/mol. The van der Waals surface area contributed by atoms with Gasteiger partial charge in [0.2, 0.25) is 0 Å². The van der Waals surface area contributed by atoms with E-state index in [9.17, 15) is 0 Å². The summed E-state index contributed by atoms with van der Waals surface area (Å²) in [5.74, 6) is 1.45. The number of ether oxygens (including phenoxy) is 1. The van der Waals surface area contributed by atoms with E-state index in [1.54, 1.807) is 0 Å². The van der Waals surface area contributed by atoms with Crippen molar-refractivity contribution in [3.8, 4) is 22.4 Å². The quantitative estimate of drug-likeness (QED) is 0.502. The molecule has 6 heteroatoms. The van der Waals surface area contributed by atoms with Crippen LogP contribution in [-0.4, -0.2) is 34.9 Å². The van der Waals surface area contributed by atoms with Crippen LogP contribution in [0.4, 0.5) is 5.82 Å². The zero-order valence-electron chi connectivity index (χ0n) is 17.0. The lowest BCUT2D eigenvalue weighted by Gasteiger charge is -2.23. The average Bonchev–Trinajstić information content (AvgIpc) is 3.19. The van der Waals surface area contributed by atoms with Gasteiger partial charge in [-0.1, -0.05) is 35.5 Å². The summed E-state index contributed by atoms with van der Waals surface area (Å²) in [4.78, 5) is 9.46. The van der Waals surface area contributed by atoms with Crippen molar-refractivity contribution in [3.05, 3.63) is 60.4 Å². The second-order valence-electron chi connectivity index (χ2n) is 7.70. The fraction of sp³-hybridized carbons (Fsp3) is 0.292. The summed E-state index contributed by atoms with van der Waals surface area (Å²) < 4.78 is 11.2. The van der Waals surface area contributed by atoms with Crippen LogP contribution < -0.4 is 5.32 Å². The van der Waals surface area contributed by atoms with Crippen LogP contribution >= 0.6 is 0 Å². The third-order valence-electron chi connectivity index (χ3n) is 5.66. The van der Waals surface area contributed by atoms with Gasteiger partial charge in [0.25, 0.3) is 0 Å². The molecule has 3 aromatic heterocycles. The van der Waals surface area contributed by atoms with Crippen LogP contribution in [-0.2, 0) is 4.74 Å². The minimum Gasteiger partial charge on any atom is -0.381 e. The molecule has 0 aliphatic carbocycles. The summed E-state index contributed by atoms with van der Waals surface area (Å²) in [7, 11) is 0. The predicted octanol–water partition coefficient (Wildman–Crippen LogP) is 5.10. The second kappa shape index (κ2) is 8.24. The molecule has 0 unspecified atom stereocenters. The number of aromatic nitrogens is 3. The third kappa shape index (κ3) is 3.66. The number of anilines is 1. The molecule has 4 heterocycles. The van der Waals surface area contributed by atoms with Crippen molar-refractivity contribution in [3.63, 3.8) is 0 Å². The number of aryl methyl sites for hydroxylation is 1. The van der Waals surface area contributed by atoms with Crippen molar-refractivity contribution in [1.82, 2.24) is 15.1 Å². The van der Waals surface area contributed by atoms with Gasteiger partial charge in [-0.05, 0) is 43.9 Å². The van der Waals surface area contributed by atoms with Crippen LogP contribution in [0.1, 0.15) is 18.5 Å². The molecule has 1 aliphatic heterocycles. The number of nitrogens with one attached hydrogen (secondary N) is 1. The van der Waals surface area contributed by atoms with E-state index in [0.29, 0.717) is 11.5 Å². The van der Waals surface area contributed by atoms with Crippen LogP contribution in [0.2, 0.25) is 0 Å². The molecule has 0 saturated carbocycles. The fourth-order valence-electron chi connectivity index (χ4n) is 3.94. The van der Waals surface area contributed by atoms with Crippen molar-refractivity contribution in [2.24, 2.45) is 5.92 Å². The van der Waals surface area contributed by atoms with Crippen LogP contribution in [0.3, 0.4) is 0 Å². The number of pyridine rings is 2. The first-order valence-electron chi connectivity index (χ1n) is 10.4. The van der Waals surface area contributed by atoms with Crippen LogP contribution in [0.5, 0.6) is 0 Å². The molecule has 0 spiro atoms. The molecule has 1 N–H and O–H groups in total. The summed E-state index contributed by atoms with van der Waals surface area (Å²) in [6.07, 6.45) is 3.97. The lowest BCUT2D eigenvalue weighted by molar-refractivity contribution is 0.0699. The van der Waals surface area contributed by atoms with Gasteiger partial charge >= 0.3 is 0 Å². The molecular weight excluding hydrogens is 376 g/mol. The normalized spacial score (nSPS) is 14.8. The summed E-state index contributed by atoms with van der Waals surface area (Å²) in [5, 5.41) is 7.74. The maximum Gasteiger partial charge on any atom is 0.193 e. The Morgan fingerprint density at radius 3 is 2.70 bits per heavy atom. The first-order chi connectivity index (χ1) is 14.8. The molecule has 1 fully saturated rings. The highest BCUT2D eigenvalue weighted by Crippen LogP contribution is 2.36. The Labute approximate surface area is 175 Å². The van der Waals surface area contributed by atoms with Crippen molar-refractivity contribution in [1.29, 1.82) is 0 Å². The predicted molar refractivity (Wildman–Crippen MR) is 117 cm³/mol. The number of fused-ring (bicyclic) bond motifs is 1. The van der Waals surface area contributed by atoms with Crippen molar-refractivity contribution in [2.75, 3.05) is 25.1 Å². The molecule has 30 heavy (non-hydrogen) atoms. The summed E-state index contributed by atoms with van der Waals surface area (Å²) in [5.41, 5.74) is 6.14. The lowest BCUT2D eigenvalue weighted by Crippen LogP contribution is -2.23. The molecule has 0 bridgehead atoms. The van der Waals surface area contributed by atoms with Crippen LogP contribution in [0.25, 0.3) is 33.5 Å². The Kier molecular flexibility index (Phi) is 5.15. The number of rotatable bonds is 5. The minimum atomic E-state index is 0.596. The average molecular weight is 400 g/mol. The van der Waals surface area contributed by atoms with E-state index in [-0.39, 0.29) is 0 Å². The SMILES string of the molecule is Cc1noc2c(-c3cccnc3NCC3CCOCC3)cc(-c3ccccc3)nc12. The summed E-state index contributed by atoms with van der Waals surface area (Å²) in [6.45, 7) is 4.47. The Morgan fingerprint density at radius 2 is 1.87 bits per heavy atom. The first-order valence-corrected chi connectivity index (χ1v) is 10.4. The van der Waals surface area contributed by atoms with Gasteiger partial charge in [0.15, 0.2) is 5.58 Å². The number of hydrogen-bond donors (Lipinski definition) is 1. The highest BCUT2D eigenvalue weighted by atomic mass is 16.5. The maximum absolute atomic E-state index is 5.69. The zero-order chi connectivity index (χ0) is 20.3. The van der Waals surface area contributed by atoms with E-state index in [1.165, 1.54) is 0 Å².